The van der Waals surface area contributed by atoms with Crippen molar-refractivity contribution in [2.24, 2.45) is 0 Å². The van der Waals surface area contributed by atoms with Crippen molar-refractivity contribution in [3.8, 4) is 0 Å². The van der Waals surface area contributed by atoms with Gasteiger partial charge in [0.1, 0.15) is 6.61 Å². The maximum absolute atomic E-state index is 12.2. The number of esters is 1. The third-order valence-electron chi connectivity index (χ3n) is 5.22. The van der Waals surface area contributed by atoms with Crippen molar-refractivity contribution < 1.29 is 18.8 Å². The van der Waals surface area contributed by atoms with E-state index in [1.807, 2.05) is 37.3 Å². The van der Waals surface area contributed by atoms with Crippen LogP contribution in [0.3, 0.4) is 0 Å². The second-order valence-corrected chi connectivity index (χ2v) is 13.3. The van der Waals surface area contributed by atoms with Crippen LogP contribution in [0.2, 0.25) is 18.1 Å². The molecule has 0 aromatic heterocycles. The van der Waals surface area contributed by atoms with Crippen molar-refractivity contribution in [3.63, 3.8) is 0 Å². The highest BCUT2D eigenvalue weighted by Crippen LogP contribution is 2.38. The van der Waals surface area contributed by atoms with E-state index in [1.165, 1.54) is 0 Å². The maximum Gasteiger partial charge on any atom is 0.306 e. The van der Waals surface area contributed by atoms with E-state index < -0.39 is 8.32 Å². The second kappa shape index (κ2) is 10.8. The number of allylic oxidation sites excluding steroid dienone is 4. The number of ether oxygens (including phenoxy) is 1. The predicted molar refractivity (Wildman–Crippen MR) is 113 cm³/mol. The third-order valence-corrected chi connectivity index (χ3v) is 9.72. The lowest BCUT2D eigenvalue weighted by Crippen LogP contribution is -2.43. The molecule has 0 heterocycles. The second-order valence-electron chi connectivity index (χ2n) is 8.56. The van der Waals surface area contributed by atoms with Crippen molar-refractivity contribution in [3.05, 3.63) is 36.0 Å². The topological polar surface area (TPSA) is 52.6 Å². The van der Waals surface area contributed by atoms with Gasteiger partial charge in [0.2, 0.25) is 0 Å². The number of rotatable bonds is 10. The van der Waals surface area contributed by atoms with Crippen LogP contribution < -0.4 is 0 Å². The minimum Gasteiger partial charge on any atom is -0.461 e. The molecule has 27 heavy (non-hydrogen) atoms. The molecule has 0 aliphatic heterocycles. The van der Waals surface area contributed by atoms with Crippen LogP contribution in [-0.2, 0) is 18.8 Å². The number of carbonyl (C=O) groups excluding carboxylic acids is 2. The van der Waals surface area contributed by atoms with Crippen molar-refractivity contribution in [2.45, 2.75) is 84.0 Å². The summed E-state index contributed by atoms with van der Waals surface area (Å²) in [6, 6.07) is 0. The first kappa shape index (κ1) is 23.6. The molecule has 0 amide bonds. The zero-order chi connectivity index (χ0) is 20.5. The van der Waals surface area contributed by atoms with Crippen LogP contribution in [0.5, 0.6) is 0 Å². The zero-order valence-electron chi connectivity index (χ0n) is 17.8. The SMILES string of the molecule is C/C=C/COC(=O)CCC/C=C\CC1=CC(O[Si](C)(C)C(C)(C)C)CC1=O. The van der Waals surface area contributed by atoms with Gasteiger partial charge in [-0.3, -0.25) is 9.59 Å². The summed E-state index contributed by atoms with van der Waals surface area (Å²) < 4.78 is 11.4. The summed E-state index contributed by atoms with van der Waals surface area (Å²) in [6.45, 7) is 13.3. The smallest absolute Gasteiger partial charge is 0.306 e. The van der Waals surface area contributed by atoms with E-state index in [0.717, 1.165) is 18.4 Å². The Hall–Kier alpha value is -1.46. The van der Waals surface area contributed by atoms with Crippen LogP contribution in [0.1, 0.15) is 59.8 Å². The molecule has 0 saturated carbocycles. The summed E-state index contributed by atoms with van der Waals surface area (Å²) >= 11 is 0. The maximum atomic E-state index is 12.2. The van der Waals surface area contributed by atoms with E-state index in [-0.39, 0.29) is 22.9 Å². The standard InChI is InChI=1S/C22H36O4Si/c1-7-8-15-25-21(24)14-12-10-9-11-13-18-16-19(17-20(18)23)26-27(5,6)22(2,3)4/h7-9,11,16,19H,10,12-15,17H2,1-6H3/b8-7+,11-9-. The number of hydrogen-bond donors (Lipinski definition) is 0. The summed E-state index contributed by atoms with van der Waals surface area (Å²) in [5, 5.41) is 0.139. The molecule has 1 rings (SSSR count). The summed E-state index contributed by atoms with van der Waals surface area (Å²) in [5.41, 5.74) is 0.848. The van der Waals surface area contributed by atoms with Crippen LogP contribution >= 0.6 is 0 Å². The lowest BCUT2D eigenvalue weighted by Gasteiger charge is -2.37. The zero-order valence-corrected chi connectivity index (χ0v) is 18.8. The largest absolute Gasteiger partial charge is 0.461 e. The highest BCUT2D eigenvalue weighted by atomic mass is 28.4. The fourth-order valence-electron chi connectivity index (χ4n) is 2.50. The molecular weight excluding hydrogens is 356 g/mol. The molecule has 0 aromatic rings. The lowest BCUT2D eigenvalue weighted by atomic mass is 10.1. The van der Waals surface area contributed by atoms with Gasteiger partial charge in [0, 0.05) is 12.8 Å². The average Bonchev–Trinajstić information content (AvgIpc) is 2.88. The Morgan fingerprint density at radius 1 is 1.26 bits per heavy atom. The summed E-state index contributed by atoms with van der Waals surface area (Å²) in [7, 11) is -1.86. The van der Waals surface area contributed by atoms with Crippen LogP contribution in [0.15, 0.2) is 36.0 Å². The minimum absolute atomic E-state index is 0.0752. The summed E-state index contributed by atoms with van der Waals surface area (Å²) in [6.07, 6.45) is 12.8. The van der Waals surface area contributed by atoms with Gasteiger partial charge < -0.3 is 9.16 Å². The number of carbonyl (C=O) groups is 2. The molecule has 0 aromatic carbocycles. The lowest BCUT2D eigenvalue weighted by molar-refractivity contribution is -0.142. The first-order valence-corrected chi connectivity index (χ1v) is 12.8. The van der Waals surface area contributed by atoms with Crippen molar-refractivity contribution in [1.29, 1.82) is 0 Å². The Bertz CT molecular complexity index is 594. The molecule has 152 valence electrons. The quantitative estimate of drug-likeness (QED) is 0.213. The van der Waals surface area contributed by atoms with Crippen molar-refractivity contribution >= 4 is 20.1 Å². The Morgan fingerprint density at radius 2 is 1.96 bits per heavy atom. The van der Waals surface area contributed by atoms with Crippen molar-refractivity contribution in [2.75, 3.05) is 6.61 Å². The van der Waals surface area contributed by atoms with Gasteiger partial charge in [-0.15, -0.1) is 0 Å². The molecule has 1 aliphatic rings. The molecule has 0 saturated heterocycles. The van der Waals surface area contributed by atoms with E-state index in [9.17, 15) is 9.59 Å². The first-order chi connectivity index (χ1) is 12.6. The van der Waals surface area contributed by atoms with E-state index in [4.69, 9.17) is 9.16 Å². The van der Waals surface area contributed by atoms with E-state index in [0.29, 0.717) is 25.9 Å². The van der Waals surface area contributed by atoms with Gasteiger partial charge in [0.15, 0.2) is 14.1 Å². The highest BCUT2D eigenvalue weighted by Gasteiger charge is 2.40. The van der Waals surface area contributed by atoms with Crippen LogP contribution in [0.25, 0.3) is 0 Å². The van der Waals surface area contributed by atoms with E-state index in [1.54, 1.807) is 0 Å². The fraction of sp³-hybridized carbons (Fsp3) is 0.636. The van der Waals surface area contributed by atoms with Gasteiger partial charge >= 0.3 is 5.97 Å². The molecule has 0 fully saturated rings. The van der Waals surface area contributed by atoms with Gasteiger partial charge in [-0.1, -0.05) is 45.1 Å². The molecule has 1 aliphatic carbocycles. The van der Waals surface area contributed by atoms with Crippen molar-refractivity contribution in [1.82, 2.24) is 0 Å². The molecule has 0 N–H and O–H groups in total. The molecule has 0 radical (unpaired) electrons. The first-order valence-electron chi connectivity index (χ1n) is 9.90. The molecule has 1 atom stereocenters. The monoisotopic (exact) mass is 392 g/mol. The van der Waals surface area contributed by atoms with Crippen LogP contribution in [-0.4, -0.2) is 32.8 Å². The number of ketones is 1. The van der Waals surface area contributed by atoms with Gasteiger partial charge in [-0.25, -0.2) is 0 Å². The average molecular weight is 393 g/mol. The molecule has 5 heteroatoms. The molecular formula is C22H36O4Si. The predicted octanol–water partition coefficient (Wildman–Crippen LogP) is 5.51. The van der Waals surface area contributed by atoms with Crippen LogP contribution in [0, 0.1) is 0 Å². The Labute approximate surface area is 165 Å². The van der Waals surface area contributed by atoms with Crippen LogP contribution in [0.4, 0.5) is 0 Å². The van der Waals surface area contributed by atoms with E-state index in [2.05, 4.69) is 33.9 Å². The Balaban J connectivity index is 2.36. The highest BCUT2D eigenvalue weighted by molar-refractivity contribution is 6.74. The molecule has 0 spiro atoms. The number of Topliss-reactive ketones (excluding diaryl/α,β-unsaturated/α-hetero) is 1. The Morgan fingerprint density at radius 3 is 2.59 bits per heavy atom. The third kappa shape index (κ3) is 8.39. The van der Waals surface area contributed by atoms with Gasteiger partial charge in [0.25, 0.3) is 0 Å². The van der Waals surface area contributed by atoms with E-state index >= 15 is 0 Å². The van der Waals surface area contributed by atoms with Gasteiger partial charge in [0.05, 0.1) is 6.10 Å². The minimum atomic E-state index is -1.86. The summed E-state index contributed by atoms with van der Waals surface area (Å²) in [5.74, 6) is 0.0247. The normalized spacial score (nSPS) is 18.5. The number of unbranched alkanes of at least 4 members (excludes halogenated alkanes) is 1. The molecule has 4 nitrogen and oxygen atoms in total. The summed E-state index contributed by atoms with van der Waals surface area (Å²) in [4.78, 5) is 23.7. The fourth-order valence-corrected chi connectivity index (χ4v) is 3.77. The van der Waals surface area contributed by atoms with Gasteiger partial charge in [-0.05, 0) is 56.0 Å². The molecule has 1 unspecified atom stereocenters. The Kier molecular flexibility index (Phi) is 9.40. The number of hydrogen-bond acceptors (Lipinski definition) is 4. The molecule has 0 bridgehead atoms. The van der Waals surface area contributed by atoms with Gasteiger partial charge in [-0.2, -0.15) is 0 Å².